The van der Waals surface area contributed by atoms with Crippen LogP contribution in [-0.4, -0.2) is 23.1 Å². The number of nitrogens with zero attached hydrogens (tertiary/aromatic N) is 2. The zero-order chi connectivity index (χ0) is 14.4. The molecule has 1 aromatic heterocycles. The Morgan fingerprint density at radius 3 is 2.50 bits per heavy atom. The van der Waals surface area contributed by atoms with Gasteiger partial charge in [0.05, 0.1) is 5.69 Å². The van der Waals surface area contributed by atoms with E-state index in [0.29, 0.717) is 6.54 Å². The molecule has 0 saturated heterocycles. The Balaban J connectivity index is 2.07. The lowest BCUT2D eigenvalue weighted by atomic mass is 10.1. The highest BCUT2D eigenvalue weighted by Crippen LogP contribution is 2.17. The van der Waals surface area contributed by atoms with Crippen molar-refractivity contribution in [2.75, 3.05) is 13.1 Å². The van der Waals surface area contributed by atoms with Crippen molar-refractivity contribution in [2.24, 2.45) is 5.73 Å². The van der Waals surface area contributed by atoms with Gasteiger partial charge in [-0.15, -0.1) is 0 Å². The fourth-order valence-electron chi connectivity index (χ4n) is 2.32. The van der Waals surface area contributed by atoms with E-state index < -0.39 is 0 Å². The monoisotopic (exact) mass is 273 g/mol. The first kappa shape index (κ1) is 14.8. The van der Waals surface area contributed by atoms with Crippen molar-refractivity contribution < 1.29 is 4.52 Å². The van der Waals surface area contributed by atoms with Gasteiger partial charge in [0.1, 0.15) is 5.76 Å². The summed E-state index contributed by atoms with van der Waals surface area (Å²) in [7, 11) is 0. The quantitative estimate of drug-likeness (QED) is 0.842. The summed E-state index contributed by atoms with van der Waals surface area (Å²) in [5.74, 6) is 0.910. The van der Waals surface area contributed by atoms with Gasteiger partial charge < -0.3 is 10.3 Å². The Morgan fingerprint density at radius 2 is 1.90 bits per heavy atom. The third kappa shape index (κ3) is 3.92. The van der Waals surface area contributed by atoms with E-state index in [1.807, 2.05) is 19.9 Å². The normalized spacial score (nSPS) is 11.2. The molecule has 2 aromatic rings. The van der Waals surface area contributed by atoms with E-state index in [2.05, 4.69) is 34.3 Å². The van der Waals surface area contributed by atoms with Crippen LogP contribution in [0.1, 0.15) is 29.0 Å². The Morgan fingerprint density at radius 1 is 1.15 bits per heavy atom. The number of hydrogen-bond acceptors (Lipinski definition) is 4. The molecule has 0 amide bonds. The molecule has 2 rings (SSSR count). The largest absolute Gasteiger partial charge is 0.361 e. The first-order chi connectivity index (χ1) is 9.70. The summed E-state index contributed by atoms with van der Waals surface area (Å²) in [4.78, 5) is 2.40. The molecule has 1 heterocycles. The topological polar surface area (TPSA) is 55.3 Å². The summed E-state index contributed by atoms with van der Waals surface area (Å²) in [5.41, 5.74) is 9.13. The minimum Gasteiger partial charge on any atom is -0.361 e. The van der Waals surface area contributed by atoms with E-state index in [-0.39, 0.29) is 0 Å². The van der Waals surface area contributed by atoms with Crippen LogP contribution < -0.4 is 5.73 Å². The zero-order valence-electron chi connectivity index (χ0n) is 12.3. The van der Waals surface area contributed by atoms with Gasteiger partial charge in [0.2, 0.25) is 0 Å². The van der Waals surface area contributed by atoms with Gasteiger partial charge in [0.15, 0.2) is 0 Å². The molecule has 0 fully saturated rings. The van der Waals surface area contributed by atoms with Gasteiger partial charge in [-0.2, -0.15) is 0 Å². The maximum atomic E-state index is 5.65. The van der Waals surface area contributed by atoms with Crippen LogP contribution in [0.25, 0.3) is 0 Å². The van der Waals surface area contributed by atoms with Crippen LogP contribution >= 0.6 is 0 Å². The van der Waals surface area contributed by atoms with Crippen molar-refractivity contribution in [3.05, 3.63) is 52.9 Å². The molecule has 4 nitrogen and oxygen atoms in total. The molecule has 0 saturated carbocycles. The standard InChI is InChI=1S/C16H23N3O/c1-13-16(14(2)20-18-13)12-19(10-6-9-17)11-15-7-4-3-5-8-15/h3-5,7-8H,6,9-12,17H2,1-2H3. The van der Waals surface area contributed by atoms with E-state index in [1.165, 1.54) is 11.1 Å². The number of hydrogen-bond donors (Lipinski definition) is 1. The lowest BCUT2D eigenvalue weighted by Gasteiger charge is -2.22. The minimum absolute atomic E-state index is 0.715. The Hall–Kier alpha value is -1.65. The maximum Gasteiger partial charge on any atom is 0.138 e. The molecule has 0 atom stereocenters. The molecule has 4 heteroatoms. The molecule has 20 heavy (non-hydrogen) atoms. The van der Waals surface area contributed by atoms with Gasteiger partial charge in [0, 0.05) is 25.2 Å². The first-order valence-electron chi connectivity index (χ1n) is 7.09. The summed E-state index contributed by atoms with van der Waals surface area (Å²) in [6.07, 6.45) is 0.996. The highest BCUT2D eigenvalue weighted by atomic mass is 16.5. The lowest BCUT2D eigenvalue weighted by Crippen LogP contribution is -2.26. The fraction of sp³-hybridized carbons (Fsp3) is 0.438. The van der Waals surface area contributed by atoms with Gasteiger partial charge in [-0.1, -0.05) is 35.5 Å². The molecule has 0 radical (unpaired) electrons. The first-order valence-corrected chi connectivity index (χ1v) is 7.09. The second-order valence-corrected chi connectivity index (χ2v) is 5.14. The van der Waals surface area contributed by atoms with E-state index in [9.17, 15) is 0 Å². The molecule has 0 aliphatic rings. The molecule has 0 spiro atoms. The molecule has 0 aliphatic carbocycles. The molecular weight excluding hydrogens is 250 g/mol. The molecule has 2 N–H and O–H groups in total. The molecule has 0 unspecified atom stereocenters. The molecule has 1 aromatic carbocycles. The van der Waals surface area contributed by atoms with Crippen LogP contribution in [0.15, 0.2) is 34.9 Å². The fourth-order valence-corrected chi connectivity index (χ4v) is 2.32. The van der Waals surface area contributed by atoms with Gasteiger partial charge in [-0.25, -0.2) is 0 Å². The van der Waals surface area contributed by atoms with Crippen LogP contribution in [0.2, 0.25) is 0 Å². The van der Waals surface area contributed by atoms with Crippen molar-refractivity contribution >= 4 is 0 Å². The summed E-state index contributed by atoms with van der Waals surface area (Å²) >= 11 is 0. The van der Waals surface area contributed by atoms with Crippen LogP contribution in [0.3, 0.4) is 0 Å². The van der Waals surface area contributed by atoms with Crippen LogP contribution in [0.5, 0.6) is 0 Å². The number of aryl methyl sites for hydroxylation is 2. The van der Waals surface area contributed by atoms with Gasteiger partial charge in [-0.3, -0.25) is 4.90 Å². The highest BCUT2D eigenvalue weighted by molar-refractivity contribution is 5.21. The third-order valence-electron chi connectivity index (χ3n) is 3.49. The van der Waals surface area contributed by atoms with Crippen molar-refractivity contribution in [1.82, 2.24) is 10.1 Å². The molecule has 0 bridgehead atoms. The van der Waals surface area contributed by atoms with Crippen molar-refractivity contribution in [3.63, 3.8) is 0 Å². The van der Waals surface area contributed by atoms with Crippen molar-refractivity contribution in [2.45, 2.75) is 33.4 Å². The second kappa shape index (κ2) is 7.22. The summed E-state index contributed by atoms with van der Waals surface area (Å²) < 4.78 is 5.25. The van der Waals surface area contributed by atoms with Crippen LogP contribution in [0.4, 0.5) is 0 Å². The molecule has 0 aliphatic heterocycles. The Kier molecular flexibility index (Phi) is 5.32. The van der Waals surface area contributed by atoms with Gasteiger partial charge in [-0.05, 0) is 32.4 Å². The van der Waals surface area contributed by atoms with Gasteiger partial charge >= 0.3 is 0 Å². The SMILES string of the molecule is Cc1noc(C)c1CN(CCCN)Cc1ccccc1. The predicted octanol–water partition coefficient (Wildman–Crippen LogP) is 2.64. The smallest absolute Gasteiger partial charge is 0.138 e. The number of rotatable bonds is 7. The average Bonchev–Trinajstić information content (AvgIpc) is 2.77. The van der Waals surface area contributed by atoms with E-state index in [1.54, 1.807) is 0 Å². The minimum atomic E-state index is 0.715. The van der Waals surface area contributed by atoms with E-state index >= 15 is 0 Å². The number of aromatic nitrogens is 1. The van der Waals surface area contributed by atoms with Crippen LogP contribution in [-0.2, 0) is 13.1 Å². The van der Waals surface area contributed by atoms with Crippen LogP contribution in [0, 0.1) is 13.8 Å². The second-order valence-electron chi connectivity index (χ2n) is 5.14. The third-order valence-corrected chi connectivity index (χ3v) is 3.49. The number of nitrogens with two attached hydrogens (primary N) is 1. The Bertz CT molecular complexity index is 502. The summed E-state index contributed by atoms with van der Waals surface area (Å²) in [5, 5.41) is 4.03. The van der Waals surface area contributed by atoms with Crippen molar-refractivity contribution in [1.29, 1.82) is 0 Å². The summed E-state index contributed by atoms with van der Waals surface area (Å²) in [6.45, 7) is 7.44. The lowest BCUT2D eigenvalue weighted by molar-refractivity contribution is 0.253. The van der Waals surface area contributed by atoms with E-state index in [0.717, 1.165) is 37.5 Å². The van der Waals surface area contributed by atoms with Gasteiger partial charge in [0.25, 0.3) is 0 Å². The maximum absolute atomic E-state index is 5.65. The number of benzene rings is 1. The average molecular weight is 273 g/mol. The van der Waals surface area contributed by atoms with E-state index in [4.69, 9.17) is 10.3 Å². The molecular formula is C16H23N3O. The predicted molar refractivity (Wildman–Crippen MR) is 80.2 cm³/mol. The highest BCUT2D eigenvalue weighted by Gasteiger charge is 2.14. The Labute approximate surface area is 120 Å². The summed E-state index contributed by atoms with van der Waals surface area (Å²) in [6, 6.07) is 10.5. The molecule has 108 valence electrons. The zero-order valence-corrected chi connectivity index (χ0v) is 12.3. The van der Waals surface area contributed by atoms with Crippen molar-refractivity contribution in [3.8, 4) is 0 Å².